The molecule has 2 aromatic heterocycles. The predicted molar refractivity (Wildman–Crippen MR) is 111 cm³/mol. The smallest absolute Gasteiger partial charge is 0.237 e. The second-order valence-electron chi connectivity index (χ2n) is 7.36. The molecule has 0 aliphatic carbocycles. The van der Waals surface area contributed by atoms with E-state index in [1.165, 1.54) is 11.8 Å². The maximum Gasteiger partial charge on any atom is 0.237 e. The van der Waals surface area contributed by atoms with Crippen molar-refractivity contribution in [3.63, 3.8) is 0 Å². The summed E-state index contributed by atoms with van der Waals surface area (Å²) in [5.41, 5.74) is 0.628. The minimum absolute atomic E-state index is 0.148. The summed E-state index contributed by atoms with van der Waals surface area (Å²) < 4.78 is 12.7. The average molecular weight is 436 g/mol. The lowest BCUT2D eigenvalue weighted by Crippen LogP contribution is -2.14. The van der Waals surface area contributed by atoms with E-state index in [1.807, 2.05) is 27.8 Å². The summed E-state index contributed by atoms with van der Waals surface area (Å²) in [4.78, 5) is 12.2. The molecular formula is C19H22ClN5O3S. The van der Waals surface area contributed by atoms with Crippen LogP contribution in [-0.4, -0.2) is 31.6 Å². The SMILES string of the molecule is Cn1c(COc2ccc(Cl)cc2)nnc1SCC(=O)Nc1cc(C(C)(C)C)no1. The molecule has 29 heavy (non-hydrogen) atoms. The van der Waals surface area contributed by atoms with Crippen molar-refractivity contribution in [1.82, 2.24) is 19.9 Å². The Bertz CT molecular complexity index is 979. The number of benzene rings is 1. The van der Waals surface area contributed by atoms with Crippen LogP contribution in [0.2, 0.25) is 5.02 Å². The molecule has 1 N–H and O–H groups in total. The van der Waals surface area contributed by atoms with Crippen LogP contribution in [0.1, 0.15) is 32.3 Å². The van der Waals surface area contributed by atoms with E-state index in [2.05, 4.69) is 20.7 Å². The van der Waals surface area contributed by atoms with Crippen LogP contribution in [0, 0.1) is 0 Å². The molecule has 0 unspecified atom stereocenters. The van der Waals surface area contributed by atoms with Crippen LogP contribution in [0.5, 0.6) is 5.75 Å². The normalized spacial score (nSPS) is 11.5. The van der Waals surface area contributed by atoms with Crippen LogP contribution in [0.15, 0.2) is 40.0 Å². The Morgan fingerprint density at radius 2 is 2.00 bits per heavy atom. The molecule has 0 aliphatic heterocycles. The molecule has 0 bridgehead atoms. The Morgan fingerprint density at radius 3 is 2.66 bits per heavy atom. The number of nitrogens with one attached hydrogen (secondary N) is 1. The molecule has 0 radical (unpaired) electrons. The highest BCUT2D eigenvalue weighted by Gasteiger charge is 2.20. The summed E-state index contributed by atoms with van der Waals surface area (Å²) in [6, 6.07) is 8.82. The van der Waals surface area contributed by atoms with E-state index in [1.54, 1.807) is 34.9 Å². The predicted octanol–water partition coefficient (Wildman–Crippen LogP) is 4.06. The van der Waals surface area contributed by atoms with Gasteiger partial charge in [-0.3, -0.25) is 10.1 Å². The number of amides is 1. The van der Waals surface area contributed by atoms with Gasteiger partial charge in [0.05, 0.1) is 11.4 Å². The average Bonchev–Trinajstić information content (AvgIpc) is 3.26. The molecule has 8 nitrogen and oxygen atoms in total. The second-order valence-corrected chi connectivity index (χ2v) is 8.74. The molecule has 3 rings (SSSR count). The van der Waals surface area contributed by atoms with Gasteiger partial charge < -0.3 is 13.8 Å². The Morgan fingerprint density at radius 1 is 1.28 bits per heavy atom. The first-order valence-electron chi connectivity index (χ1n) is 8.89. The Balaban J connectivity index is 1.51. The number of carbonyl (C=O) groups is 1. The monoisotopic (exact) mass is 435 g/mol. The van der Waals surface area contributed by atoms with Crippen LogP contribution >= 0.6 is 23.4 Å². The Kier molecular flexibility index (Phi) is 6.49. The van der Waals surface area contributed by atoms with Crippen LogP contribution < -0.4 is 10.1 Å². The molecule has 1 aromatic carbocycles. The summed E-state index contributed by atoms with van der Waals surface area (Å²) in [5.74, 6) is 1.61. The highest BCUT2D eigenvalue weighted by atomic mass is 35.5. The fourth-order valence-corrected chi connectivity index (χ4v) is 3.12. The number of ether oxygens (including phenoxy) is 1. The number of anilines is 1. The van der Waals surface area contributed by atoms with Gasteiger partial charge >= 0.3 is 0 Å². The second kappa shape index (κ2) is 8.87. The highest BCUT2D eigenvalue weighted by Crippen LogP contribution is 2.24. The van der Waals surface area contributed by atoms with Crippen LogP contribution in [0.4, 0.5) is 5.88 Å². The number of aromatic nitrogens is 4. The zero-order chi connectivity index (χ0) is 21.0. The number of thioether (sulfide) groups is 1. The molecular weight excluding hydrogens is 414 g/mol. The van der Waals surface area contributed by atoms with Crippen molar-refractivity contribution >= 4 is 35.2 Å². The first-order chi connectivity index (χ1) is 13.7. The molecule has 0 spiro atoms. The van der Waals surface area contributed by atoms with E-state index in [-0.39, 0.29) is 23.7 Å². The third-order valence-corrected chi connectivity index (χ3v) is 5.25. The maximum atomic E-state index is 12.2. The summed E-state index contributed by atoms with van der Waals surface area (Å²) in [6.07, 6.45) is 0. The molecule has 0 aliphatic rings. The molecule has 0 fully saturated rings. The van der Waals surface area contributed by atoms with Gasteiger partial charge in [0.2, 0.25) is 11.8 Å². The lowest BCUT2D eigenvalue weighted by Gasteiger charge is -2.12. The number of nitrogens with zero attached hydrogens (tertiary/aromatic N) is 4. The summed E-state index contributed by atoms with van der Waals surface area (Å²) in [6.45, 7) is 6.32. The summed E-state index contributed by atoms with van der Waals surface area (Å²) in [7, 11) is 1.83. The van der Waals surface area contributed by atoms with E-state index in [4.69, 9.17) is 20.9 Å². The number of hydrogen-bond acceptors (Lipinski definition) is 7. The Hall–Kier alpha value is -2.52. The summed E-state index contributed by atoms with van der Waals surface area (Å²) >= 11 is 7.14. The molecule has 0 atom stereocenters. The zero-order valence-electron chi connectivity index (χ0n) is 16.6. The van der Waals surface area contributed by atoms with E-state index < -0.39 is 0 Å². The van der Waals surface area contributed by atoms with Crippen molar-refractivity contribution in [3.8, 4) is 5.75 Å². The molecule has 1 amide bonds. The van der Waals surface area contributed by atoms with Crippen molar-refractivity contribution in [1.29, 1.82) is 0 Å². The maximum absolute atomic E-state index is 12.2. The van der Waals surface area contributed by atoms with Crippen LogP contribution in [0.25, 0.3) is 0 Å². The van der Waals surface area contributed by atoms with Gasteiger partial charge in [0.25, 0.3) is 0 Å². The van der Waals surface area contributed by atoms with Gasteiger partial charge in [-0.15, -0.1) is 10.2 Å². The van der Waals surface area contributed by atoms with E-state index in [9.17, 15) is 4.79 Å². The fraction of sp³-hybridized carbons (Fsp3) is 0.368. The standard InChI is InChI=1S/C19H22ClN5O3S/c1-19(2,3)14-9-17(28-24-14)21-16(26)11-29-18-23-22-15(25(18)4)10-27-13-7-5-12(20)6-8-13/h5-9H,10-11H2,1-4H3,(H,21,26). The van der Waals surface area contributed by atoms with Gasteiger partial charge in [0.15, 0.2) is 11.0 Å². The van der Waals surface area contributed by atoms with Gasteiger partial charge in [0.1, 0.15) is 12.4 Å². The van der Waals surface area contributed by atoms with Crippen molar-refractivity contribution in [2.75, 3.05) is 11.1 Å². The Labute approximate surface area is 178 Å². The number of rotatable bonds is 7. The van der Waals surface area contributed by atoms with Crippen molar-refractivity contribution < 1.29 is 14.1 Å². The quantitative estimate of drug-likeness (QED) is 0.559. The third kappa shape index (κ3) is 5.74. The molecule has 154 valence electrons. The van der Waals surface area contributed by atoms with Crippen LogP contribution in [0.3, 0.4) is 0 Å². The fourth-order valence-electron chi connectivity index (χ4n) is 2.27. The topological polar surface area (TPSA) is 95.1 Å². The van der Waals surface area contributed by atoms with Crippen molar-refractivity contribution in [3.05, 3.63) is 46.9 Å². The lowest BCUT2D eigenvalue weighted by molar-refractivity contribution is -0.113. The minimum Gasteiger partial charge on any atom is -0.486 e. The van der Waals surface area contributed by atoms with E-state index >= 15 is 0 Å². The number of halogens is 1. The largest absolute Gasteiger partial charge is 0.486 e. The molecule has 10 heteroatoms. The van der Waals surface area contributed by atoms with Gasteiger partial charge in [-0.2, -0.15) is 0 Å². The van der Waals surface area contributed by atoms with Gasteiger partial charge in [-0.1, -0.05) is 49.3 Å². The molecule has 3 aromatic rings. The molecule has 0 saturated carbocycles. The first-order valence-corrected chi connectivity index (χ1v) is 10.3. The van der Waals surface area contributed by atoms with Crippen molar-refractivity contribution in [2.24, 2.45) is 7.05 Å². The van der Waals surface area contributed by atoms with Gasteiger partial charge in [-0.25, -0.2) is 0 Å². The summed E-state index contributed by atoms with van der Waals surface area (Å²) in [5, 5.41) is 16.2. The molecule has 2 heterocycles. The van der Waals surface area contributed by atoms with E-state index in [0.717, 1.165) is 5.69 Å². The van der Waals surface area contributed by atoms with Crippen LogP contribution in [-0.2, 0) is 23.9 Å². The lowest BCUT2D eigenvalue weighted by atomic mass is 9.92. The highest BCUT2D eigenvalue weighted by molar-refractivity contribution is 7.99. The van der Waals surface area contributed by atoms with E-state index in [0.29, 0.717) is 27.6 Å². The zero-order valence-corrected chi connectivity index (χ0v) is 18.2. The van der Waals surface area contributed by atoms with Gasteiger partial charge in [0, 0.05) is 23.6 Å². The first kappa shape index (κ1) is 21.2. The third-order valence-electron chi connectivity index (χ3n) is 3.98. The number of carbonyl (C=O) groups excluding carboxylic acids is 1. The van der Waals surface area contributed by atoms with Crippen molar-refractivity contribution in [2.45, 2.75) is 37.9 Å². The van der Waals surface area contributed by atoms with Gasteiger partial charge in [-0.05, 0) is 24.3 Å². The minimum atomic E-state index is -0.214. The molecule has 0 saturated heterocycles. The number of hydrogen-bond donors (Lipinski definition) is 1.